The van der Waals surface area contributed by atoms with E-state index in [-0.39, 0.29) is 5.54 Å². The molecule has 0 bridgehead atoms. The molecule has 0 radical (unpaired) electrons. The van der Waals surface area contributed by atoms with Gasteiger partial charge in [0.1, 0.15) is 0 Å². The maximum atomic E-state index is 5.94. The third-order valence-electron chi connectivity index (χ3n) is 3.29. The summed E-state index contributed by atoms with van der Waals surface area (Å²) in [6, 6.07) is 10.5. The molecule has 0 spiro atoms. The molecule has 0 saturated carbocycles. The van der Waals surface area contributed by atoms with E-state index in [0.717, 1.165) is 13.1 Å². The van der Waals surface area contributed by atoms with Gasteiger partial charge in [-0.25, -0.2) is 0 Å². The van der Waals surface area contributed by atoms with Crippen LogP contribution in [0.5, 0.6) is 0 Å². The van der Waals surface area contributed by atoms with Crippen molar-refractivity contribution in [1.29, 1.82) is 0 Å². The Balaban J connectivity index is 2.80. The zero-order valence-electron chi connectivity index (χ0n) is 11.9. The fraction of sp³-hybridized carbons (Fsp3) is 0.500. The van der Waals surface area contributed by atoms with Crippen LogP contribution < -0.4 is 5.73 Å². The minimum absolute atomic E-state index is 0.135. The van der Waals surface area contributed by atoms with Crippen LogP contribution in [0.1, 0.15) is 32.3 Å². The second kappa shape index (κ2) is 6.72. The molecular weight excluding hydrogens is 220 g/mol. The Hall–Kier alpha value is -1.12. The molecule has 0 aromatic heterocycles. The molecule has 0 aliphatic rings. The largest absolute Gasteiger partial charge is 0.330 e. The molecule has 0 aliphatic carbocycles. The summed E-state index contributed by atoms with van der Waals surface area (Å²) in [5.74, 6) is 0.380. The van der Waals surface area contributed by atoms with Crippen LogP contribution in [-0.4, -0.2) is 30.1 Å². The van der Waals surface area contributed by atoms with Crippen LogP contribution in [0.3, 0.4) is 0 Å². The van der Waals surface area contributed by atoms with Crippen molar-refractivity contribution >= 4 is 0 Å². The summed E-state index contributed by atoms with van der Waals surface area (Å²) in [6.07, 6.45) is 1.96. The molecule has 0 aliphatic heterocycles. The summed E-state index contributed by atoms with van der Waals surface area (Å²) < 4.78 is 0. The lowest BCUT2D eigenvalue weighted by Crippen LogP contribution is -2.44. The van der Waals surface area contributed by atoms with Gasteiger partial charge in [0.05, 0.1) is 0 Å². The predicted octanol–water partition coefficient (Wildman–Crippen LogP) is 3.02. The molecule has 0 saturated heterocycles. The van der Waals surface area contributed by atoms with Crippen molar-refractivity contribution < 1.29 is 0 Å². The smallest absolute Gasteiger partial charge is 0.0166 e. The molecule has 1 atom stereocenters. The molecule has 2 heteroatoms. The average molecular weight is 246 g/mol. The van der Waals surface area contributed by atoms with Gasteiger partial charge in [-0.1, -0.05) is 36.4 Å². The van der Waals surface area contributed by atoms with Crippen molar-refractivity contribution in [1.82, 2.24) is 4.90 Å². The monoisotopic (exact) mass is 246 g/mol. The van der Waals surface area contributed by atoms with Crippen molar-refractivity contribution in [2.45, 2.75) is 32.2 Å². The molecular formula is C16H26N2. The zero-order valence-corrected chi connectivity index (χ0v) is 11.9. The van der Waals surface area contributed by atoms with Crippen LogP contribution >= 0.6 is 0 Å². The van der Waals surface area contributed by atoms with E-state index in [1.165, 1.54) is 5.56 Å². The maximum Gasteiger partial charge on any atom is 0.0166 e. The van der Waals surface area contributed by atoms with E-state index >= 15 is 0 Å². The first-order valence-electron chi connectivity index (χ1n) is 6.60. The number of nitrogens with two attached hydrogens (primary N) is 1. The van der Waals surface area contributed by atoms with E-state index in [4.69, 9.17) is 5.73 Å². The number of benzene rings is 1. The first-order valence-corrected chi connectivity index (χ1v) is 6.60. The van der Waals surface area contributed by atoms with Crippen LogP contribution in [0.15, 0.2) is 43.0 Å². The predicted molar refractivity (Wildman–Crippen MR) is 79.8 cm³/mol. The average Bonchev–Trinajstić information content (AvgIpc) is 2.34. The highest BCUT2D eigenvalue weighted by Gasteiger charge is 2.23. The first-order chi connectivity index (χ1) is 8.49. The second-order valence-electron chi connectivity index (χ2n) is 5.71. The standard InChI is InChI=1S/C16H26N2/c1-5-11-18(16(2,3)4)13-15(12-17)14-9-7-6-8-10-14/h5-10,15H,1,11-13,17H2,2-4H3. The van der Waals surface area contributed by atoms with Gasteiger partial charge in [-0.05, 0) is 26.3 Å². The Morgan fingerprint density at radius 1 is 1.28 bits per heavy atom. The zero-order chi connectivity index (χ0) is 13.6. The van der Waals surface area contributed by atoms with Gasteiger partial charge in [-0.3, -0.25) is 4.90 Å². The minimum Gasteiger partial charge on any atom is -0.330 e. The molecule has 1 aromatic rings. The molecule has 1 unspecified atom stereocenters. The normalized spacial score (nSPS) is 13.6. The summed E-state index contributed by atoms with van der Waals surface area (Å²) in [7, 11) is 0. The molecule has 2 N–H and O–H groups in total. The van der Waals surface area contributed by atoms with E-state index in [1.54, 1.807) is 0 Å². The van der Waals surface area contributed by atoms with Gasteiger partial charge in [0, 0.05) is 31.1 Å². The van der Waals surface area contributed by atoms with E-state index in [0.29, 0.717) is 12.5 Å². The van der Waals surface area contributed by atoms with Crippen LogP contribution in [0.25, 0.3) is 0 Å². The fourth-order valence-electron chi connectivity index (χ4n) is 2.09. The third kappa shape index (κ3) is 4.28. The van der Waals surface area contributed by atoms with E-state index in [2.05, 4.69) is 56.5 Å². The Labute approximate surface area is 111 Å². The maximum absolute atomic E-state index is 5.94. The van der Waals surface area contributed by atoms with E-state index < -0.39 is 0 Å². The number of hydrogen-bond donors (Lipinski definition) is 1. The molecule has 1 aromatic carbocycles. The van der Waals surface area contributed by atoms with Gasteiger partial charge >= 0.3 is 0 Å². The van der Waals surface area contributed by atoms with Gasteiger partial charge in [-0.15, -0.1) is 6.58 Å². The molecule has 1 rings (SSSR count). The number of nitrogens with zero attached hydrogens (tertiary/aromatic N) is 1. The topological polar surface area (TPSA) is 29.3 Å². The van der Waals surface area contributed by atoms with Gasteiger partial charge in [0.15, 0.2) is 0 Å². The SMILES string of the molecule is C=CCN(CC(CN)c1ccccc1)C(C)(C)C. The van der Waals surface area contributed by atoms with Crippen LogP contribution in [-0.2, 0) is 0 Å². The third-order valence-corrected chi connectivity index (χ3v) is 3.29. The Morgan fingerprint density at radius 3 is 2.33 bits per heavy atom. The first kappa shape index (κ1) is 14.9. The number of hydrogen-bond acceptors (Lipinski definition) is 2. The molecule has 0 fully saturated rings. The molecule has 0 amide bonds. The Kier molecular flexibility index (Phi) is 5.57. The van der Waals surface area contributed by atoms with E-state index in [9.17, 15) is 0 Å². The van der Waals surface area contributed by atoms with Gasteiger partial charge in [0.2, 0.25) is 0 Å². The molecule has 100 valence electrons. The molecule has 0 heterocycles. The highest BCUT2D eigenvalue weighted by atomic mass is 15.2. The van der Waals surface area contributed by atoms with Crippen molar-refractivity contribution in [2.75, 3.05) is 19.6 Å². The van der Waals surface area contributed by atoms with Gasteiger partial charge < -0.3 is 5.73 Å². The Morgan fingerprint density at radius 2 is 1.89 bits per heavy atom. The van der Waals surface area contributed by atoms with Crippen molar-refractivity contribution in [3.05, 3.63) is 48.6 Å². The summed E-state index contributed by atoms with van der Waals surface area (Å²) >= 11 is 0. The second-order valence-corrected chi connectivity index (χ2v) is 5.71. The lowest BCUT2D eigenvalue weighted by molar-refractivity contribution is 0.145. The molecule has 2 nitrogen and oxygen atoms in total. The lowest BCUT2D eigenvalue weighted by atomic mass is 9.96. The van der Waals surface area contributed by atoms with Crippen LogP contribution in [0.4, 0.5) is 0 Å². The van der Waals surface area contributed by atoms with Gasteiger partial charge in [-0.2, -0.15) is 0 Å². The van der Waals surface area contributed by atoms with E-state index in [1.807, 2.05) is 12.1 Å². The van der Waals surface area contributed by atoms with Crippen molar-refractivity contribution in [3.8, 4) is 0 Å². The highest BCUT2D eigenvalue weighted by molar-refractivity contribution is 5.20. The van der Waals surface area contributed by atoms with Crippen molar-refractivity contribution in [2.24, 2.45) is 5.73 Å². The summed E-state index contributed by atoms with van der Waals surface area (Å²) in [5.41, 5.74) is 7.39. The summed E-state index contributed by atoms with van der Waals surface area (Å²) in [5, 5.41) is 0. The van der Waals surface area contributed by atoms with Gasteiger partial charge in [0.25, 0.3) is 0 Å². The minimum atomic E-state index is 0.135. The quantitative estimate of drug-likeness (QED) is 0.782. The van der Waals surface area contributed by atoms with Crippen LogP contribution in [0.2, 0.25) is 0 Å². The summed E-state index contributed by atoms with van der Waals surface area (Å²) in [6.45, 7) is 13.1. The lowest BCUT2D eigenvalue weighted by Gasteiger charge is -2.37. The van der Waals surface area contributed by atoms with Crippen LogP contribution in [0, 0.1) is 0 Å². The molecule has 18 heavy (non-hydrogen) atoms. The summed E-state index contributed by atoms with van der Waals surface area (Å²) in [4.78, 5) is 2.42. The van der Waals surface area contributed by atoms with Crippen molar-refractivity contribution in [3.63, 3.8) is 0 Å². The number of rotatable bonds is 6. The highest BCUT2D eigenvalue weighted by Crippen LogP contribution is 2.21. The Bertz CT molecular complexity index is 351. The fourth-order valence-corrected chi connectivity index (χ4v) is 2.09.